The number of rotatable bonds is 5. The summed E-state index contributed by atoms with van der Waals surface area (Å²) < 4.78 is 6.18. The Kier molecular flexibility index (Phi) is 5.76. The topological polar surface area (TPSA) is 65.9 Å². The van der Waals surface area contributed by atoms with E-state index in [-0.39, 0.29) is 5.91 Å². The number of aliphatic hydroxyl groups is 1. The number of carbonyl (C=O) groups excluding carboxylic acids is 1. The zero-order valence-corrected chi connectivity index (χ0v) is 18.1. The first kappa shape index (κ1) is 20.0. The van der Waals surface area contributed by atoms with Crippen molar-refractivity contribution < 1.29 is 14.6 Å². The minimum Gasteiger partial charge on any atom is -0.490 e. The largest absolute Gasteiger partial charge is 0.490 e. The Morgan fingerprint density at radius 1 is 1.10 bits per heavy atom. The molecule has 2 aliphatic heterocycles. The molecule has 0 unspecified atom stereocenters. The third kappa shape index (κ3) is 3.98. The third-order valence-electron chi connectivity index (χ3n) is 6.54. The molecule has 0 bridgehead atoms. The summed E-state index contributed by atoms with van der Waals surface area (Å²) in [4.78, 5) is 22.1. The van der Waals surface area contributed by atoms with Crippen molar-refractivity contribution in [3.8, 4) is 16.3 Å². The van der Waals surface area contributed by atoms with Crippen LogP contribution in [0.5, 0.6) is 5.75 Å². The number of fused-ring (bicyclic) bond motifs is 1. The van der Waals surface area contributed by atoms with E-state index in [1.807, 2.05) is 12.1 Å². The summed E-state index contributed by atoms with van der Waals surface area (Å²) in [7, 11) is 0. The molecule has 2 aromatic rings. The predicted molar refractivity (Wildman–Crippen MR) is 118 cm³/mol. The molecule has 1 saturated carbocycles. The minimum atomic E-state index is -0.474. The molecule has 1 aromatic heterocycles. The second kappa shape index (κ2) is 8.65. The van der Waals surface area contributed by atoms with Crippen LogP contribution in [-0.2, 0) is 11.2 Å². The average molecular weight is 428 g/mol. The van der Waals surface area contributed by atoms with Gasteiger partial charge in [-0.15, -0.1) is 11.3 Å². The van der Waals surface area contributed by atoms with Gasteiger partial charge in [-0.2, -0.15) is 0 Å². The number of piperidine rings is 1. The van der Waals surface area contributed by atoms with Gasteiger partial charge in [0.1, 0.15) is 29.3 Å². The number of likely N-dealkylation sites (tertiary alicyclic amines) is 1. The van der Waals surface area contributed by atoms with Crippen LogP contribution < -0.4 is 9.64 Å². The molecule has 0 radical (unpaired) electrons. The number of aryl methyl sites for hydroxylation is 1. The van der Waals surface area contributed by atoms with Gasteiger partial charge in [-0.1, -0.05) is 6.42 Å². The van der Waals surface area contributed by atoms with Crippen molar-refractivity contribution in [2.24, 2.45) is 0 Å². The van der Waals surface area contributed by atoms with E-state index in [9.17, 15) is 9.90 Å². The molecule has 1 saturated heterocycles. The molecule has 7 heteroatoms. The summed E-state index contributed by atoms with van der Waals surface area (Å²) in [5, 5.41) is 10.1. The lowest BCUT2D eigenvalue weighted by atomic mass is 9.86. The lowest BCUT2D eigenvalue weighted by molar-refractivity contribution is -0.121. The summed E-state index contributed by atoms with van der Waals surface area (Å²) in [5.74, 6) is 1.36. The minimum absolute atomic E-state index is 0.278. The molecule has 1 amide bonds. The van der Waals surface area contributed by atoms with E-state index in [4.69, 9.17) is 9.72 Å². The van der Waals surface area contributed by atoms with Gasteiger partial charge in [0.25, 0.3) is 5.91 Å². The Bertz CT molecular complexity index is 886. The van der Waals surface area contributed by atoms with Crippen LogP contribution in [0, 0.1) is 0 Å². The van der Waals surface area contributed by atoms with E-state index in [0.717, 1.165) is 52.7 Å². The first-order valence-corrected chi connectivity index (χ1v) is 11.9. The maximum atomic E-state index is 12.0. The van der Waals surface area contributed by atoms with Gasteiger partial charge in [0.2, 0.25) is 0 Å². The van der Waals surface area contributed by atoms with Gasteiger partial charge < -0.3 is 14.7 Å². The molecule has 0 atom stereocenters. The van der Waals surface area contributed by atoms with Gasteiger partial charge >= 0.3 is 0 Å². The lowest BCUT2D eigenvalue weighted by Crippen LogP contribution is -2.50. The maximum Gasteiger partial charge on any atom is 0.253 e. The fraction of sp³-hybridized carbons (Fsp3) is 0.565. The Balaban J connectivity index is 1.21. The number of nitrogens with zero attached hydrogens (tertiary/aromatic N) is 3. The first-order valence-electron chi connectivity index (χ1n) is 11.1. The summed E-state index contributed by atoms with van der Waals surface area (Å²) >= 11 is 1.64. The number of hydrogen-bond acceptors (Lipinski definition) is 6. The molecule has 6 nitrogen and oxygen atoms in total. The van der Waals surface area contributed by atoms with Gasteiger partial charge in [0, 0.05) is 35.9 Å². The zero-order chi connectivity index (χ0) is 20.5. The molecule has 1 N–H and O–H groups in total. The van der Waals surface area contributed by atoms with Crippen LogP contribution in [0.2, 0.25) is 0 Å². The molecule has 5 rings (SSSR count). The van der Waals surface area contributed by atoms with Gasteiger partial charge in [0.15, 0.2) is 0 Å². The Morgan fingerprint density at radius 3 is 2.60 bits per heavy atom. The van der Waals surface area contributed by atoms with E-state index >= 15 is 0 Å². The van der Waals surface area contributed by atoms with Crippen LogP contribution >= 0.6 is 11.3 Å². The van der Waals surface area contributed by atoms with Gasteiger partial charge in [-0.05, 0) is 63.0 Å². The number of hydrogen-bond donors (Lipinski definition) is 1. The van der Waals surface area contributed by atoms with E-state index in [2.05, 4.69) is 17.0 Å². The third-order valence-corrected chi connectivity index (χ3v) is 7.69. The van der Waals surface area contributed by atoms with Crippen molar-refractivity contribution in [1.82, 2.24) is 9.88 Å². The Labute approximate surface area is 181 Å². The lowest BCUT2D eigenvalue weighted by Gasteiger charge is -2.44. The van der Waals surface area contributed by atoms with Crippen molar-refractivity contribution in [3.63, 3.8) is 0 Å². The van der Waals surface area contributed by atoms with Crippen LogP contribution in [0.1, 0.15) is 43.4 Å². The molecular weight excluding hydrogens is 398 g/mol. The molecular formula is C23H29N3O3S. The average Bonchev–Trinajstić information content (AvgIpc) is 3.21. The number of anilines is 1. The van der Waals surface area contributed by atoms with Crippen molar-refractivity contribution >= 4 is 23.1 Å². The number of benzene rings is 1. The van der Waals surface area contributed by atoms with Crippen molar-refractivity contribution in [1.29, 1.82) is 0 Å². The molecule has 0 spiro atoms. The molecule has 30 heavy (non-hydrogen) atoms. The van der Waals surface area contributed by atoms with Crippen LogP contribution in [0.25, 0.3) is 10.6 Å². The second-order valence-corrected chi connectivity index (χ2v) is 9.64. The number of amides is 1. The normalized spacial score (nSPS) is 24.2. The Morgan fingerprint density at radius 2 is 1.87 bits per heavy atom. The van der Waals surface area contributed by atoms with Crippen LogP contribution in [0.3, 0.4) is 0 Å². The summed E-state index contributed by atoms with van der Waals surface area (Å²) in [5.41, 5.74) is 1.04. The van der Waals surface area contributed by atoms with E-state index in [0.29, 0.717) is 18.7 Å². The van der Waals surface area contributed by atoms with E-state index in [1.165, 1.54) is 32.4 Å². The van der Waals surface area contributed by atoms with Gasteiger partial charge in [0.05, 0.1) is 0 Å². The molecule has 3 heterocycles. The highest BCUT2D eigenvalue weighted by molar-refractivity contribution is 7.15. The second-order valence-electron chi connectivity index (χ2n) is 8.56. The fourth-order valence-electron chi connectivity index (χ4n) is 4.76. The van der Waals surface area contributed by atoms with Crippen molar-refractivity contribution in [2.75, 3.05) is 31.1 Å². The van der Waals surface area contributed by atoms with Gasteiger partial charge in [-0.25, -0.2) is 4.98 Å². The van der Waals surface area contributed by atoms with Gasteiger partial charge in [-0.3, -0.25) is 9.69 Å². The van der Waals surface area contributed by atoms with Crippen LogP contribution in [0.4, 0.5) is 5.82 Å². The monoisotopic (exact) mass is 427 g/mol. The number of aromatic nitrogens is 1. The van der Waals surface area contributed by atoms with E-state index < -0.39 is 6.61 Å². The Hall–Kier alpha value is -1.96. The fourth-order valence-corrected chi connectivity index (χ4v) is 5.87. The number of thiazole rings is 1. The quantitative estimate of drug-likeness (QED) is 0.791. The highest BCUT2D eigenvalue weighted by atomic mass is 32.1. The van der Waals surface area contributed by atoms with Crippen LogP contribution in [-0.4, -0.2) is 59.3 Å². The summed E-state index contributed by atoms with van der Waals surface area (Å²) in [6.07, 6.45) is 8.51. The molecule has 160 valence electrons. The molecule has 3 aliphatic rings. The van der Waals surface area contributed by atoms with Crippen LogP contribution in [0.15, 0.2) is 24.3 Å². The highest BCUT2D eigenvalue weighted by Gasteiger charge is 2.35. The summed E-state index contributed by atoms with van der Waals surface area (Å²) in [6, 6.07) is 8.87. The SMILES string of the molecule is O=C(CO)N1CCCc2sc(-c3ccc(OC4CC(N5CCCCC5)C4)cc3)nc21. The highest BCUT2D eigenvalue weighted by Crippen LogP contribution is 2.37. The summed E-state index contributed by atoms with van der Waals surface area (Å²) in [6.45, 7) is 2.66. The number of aliphatic hydroxyl groups excluding tert-OH is 1. The molecule has 2 fully saturated rings. The zero-order valence-electron chi connectivity index (χ0n) is 17.3. The van der Waals surface area contributed by atoms with Crippen molar-refractivity contribution in [2.45, 2.75) is 57.1 Å². The maximum absolute atomic E-state index is 12.0. The smallest absolute Gasteiger partial charge is 0.253 e. The van der Waals surface area contributed by atoms with E-state index in [1.54, 1.807) is 16.2 Å². The standard InChI is InChI=1S/C23H29N3O3S/c27-15-21(28)26-12-4-5-20-22(26)24-23(30-20)16-6-8-18(9-7-16)29-19-13-17(14-19)25-10-2-1-3-11-25/h6-9,17,19,27H,1-5,10-15H2. The van der Waals surface area contributed by atoms with Crippen molar-refractivity contribution in [3.05, 3.63) is 29.1 Å². The number of carbonyl (C=O) groups is 1. The predicted octanol–water partition coefficient (Wildman–Crippen LogP) is 3.48. The first-order chi connectivity index (χ1) is 14.7. The molecule has 1 aliphatic carbocycles. The number of ether oxygens (including phenoxy) is 1. The molecule has 1 aromatic carbocycles.